The highest BCUT2D eigenvalue weighted by Crippen LogP contribution is 2.12. The van der Waals surface area contributed by atoms with Gasteiger partial charge in [0.25, 0.3) is 0 Å². The molecular weight excluding hydrogens is 252 g/mol. The van der Waals surface area contributed by atoms with Crippen LogP contribution in [0.1, 0.15) is 25.0 Å². The first-order chi connectivity index (χ1) is 9.69. The number of ether oxygens (including phenoxy) is 2. The summed E-state index contributed by atoms with van der Waals surface area (Å²) in [5.74, 6) is 1.60. The summed E-state index contributed by atoms with van der Waals surface area (Å²) in [6.07, 6.45) is 5.20. The largest absolute Gasteiger partial charge is 0.496 e. The van der Waals surface area contributed by atoms with E-state index in [1.165, 1.54) is 0 Å². The number of methoxy groups -OCH3 is 2. The van der Waals surface area contributed by atoms with E-state index in [-0.39, 0.29) is 0 Å². The zero-order valence-corrected chi connectivity index (χ0v) is 13.2. The monoisotopic (exact) mass is 276 g/mol. The Bertz CT molecular complexity index is 442. The van der Waals surface area contributed by atoms with Crippen molar-refractivity contribution in [3.05, 3.63) is 47.9 Å². The highest BCUT2D eigenvalue weighted by atomic mass is 16.5. The van der Waals surface area contributed by atoms with Gasteiger partial charge in [-0.2, -0.15) is 0 Å². The number of pyridine rings is 2. The quantitative estimate of drug-likeness (QED) is 0.836. The fraction of sp³-hybridized carbons (Fsp3) is 0.375. The first-order valence-corrected chi connectivity index (χ1v) is 6.59. The molecule has 0 aliphatic heterocycles. The summed E-state index contributed by atoms with van der Waals surface area (Å²) in [6.45, 7) is 7.93. The normalized spacial score (nSPS) is 8.50. The first kappa shape index (κ1) is 17.9. The Morgan fingerprint density at radius 2 is 1.60 bits per heavy atom. The van der Waals surface area contributed by atoms with Crippen LogP contribution in [0.25, 0.3) is 0 Å². The maximum atomic E-state index is 5.00. The van der Waals surface area contributed by atoms with Gasteiger partial charge in [0.15, 0.2) is 0 Å². The van der Waals surface area contributed by atoms with Gasteiger partial charge in [-0.1, -0.05) is 19.9 Å². The van der Waals surface area contributed by atoms with E-state index in [1.54, 1.807) is 32.8 Å². The molecule has 110 valence electrons. The van der Waals surface area contributed by atoms with Gasteiger partial charge in [0.1, 0.15) is 5.75 Å². The summed E-state index contributed by atoms with van der Waals surface area (Å²) in [4.78, 5) is 7.89. The number of aromatic nitrogens is 2. The van der Waals surface area contributed by atoms with Gasteiger partial charge < -0.3 is 9.47 Å². The van der Waals surface area contributed by atoms with E-state index in [0.29, 0.717) is 5.88 Å². The molecule has 2 aromatic heterocycles. The lowest BCUT2D eigenvalue weighted by Crippen LogP contribution is -1.88. The summed E-state index contributed by atoms with van der Waals surface area (Å²) in [5, 5.41) is 0. The van der Waals surface area contributed by atoms with Crippen LogP contribution in [0.5, 0.6) is 11.6 Å². The van der Waals surface area contributed by atoms with Gasteiger partial charge in [-0.15, -0.1) is 0 Å². The lowest BCUT2D eigenvalue weighted by atomic mass is 10.3. The van der Waals surface area contributed by atoms with Crippen molar-refractivity contribution in [2.24, 2.45) is 0 Å². The summed E-state index contributed by atoms with van der Waals surface area (Å²) in [5.41, 5.74) is 2.14. The van der Waals surface area contributed by atoms with Crippen LogP contribution < -0.4 is 9.47 Å². The third kappa shape index (κ3) is 6.18. The molecule has 0 unspecified atom stereocenters. The molecule has 0 amide bonds. The summed E-state index contributed by atoms with van der Waals surface area (Å²) in [6, 6.07) is 5.69. The van der Waals surface area contributed by atoms with E-state index in [1.807, 2.05) is 45.9 Å². The van der Waals surface area contributed by atoms with Crippen LogP contribution in [0, 0.1) is 13.8 Å². The first-order valence-electron chi connectivity index (χ1n) is 6.59. The predicted octanol–water partition coefficient (Wildman–Crippen LogP) is 3.82. The minimum Gasteiger partial charge on any atom is -0.496 e. The minimum absolute atomic E-state index is 0.706. The average Bonchev–Trinajstić information content (AvgIpc) is 2.51. The van der Waals surface area contributed by atoms with Crippen LogP contribution >= 0.6 is 0 Å². The Morgan fingerprint density at radius 3 is 2.00 bits per heavy atom. The highest BCUT2D eigenvalue weighted by molar-refractivity contribution is 5.27. The SMILES string of the molecule is CC.COc1ccncc1C.COc1ncccc1C. The van der Waals surface area contributed by atoms with Crippen LogP contribution in [0.4, 0.5) is 0 Å². The van der Waals surface area contributed by atoms with E-state index < -0.39 is 0 Å². The lowest BCUT2D eigenvalue weighted by molar-refractivity contribution is 0.394. The van der Waals surface area contributed by atoms with Crippen LogP contribution in [0.3, 0.4) is 0 Å². The topological polar surface area (TPSA) is 44.2 Å². The van der Waals surface area contributed by atoms with Crippen molar-refractivity contribution in [3.63, 3.8) is 0 Å². The molecule has 0 bridgehead atoms. The molecule has 2 aromatic rings. The predicted molar refractivity (Wildman–Crippen MR) is 82.4 cm³/mol. The fourth-order valence-electron chi connectivity index (χ4n) is 1.37. The van der Waals surface area contributed by atoms with E-state index in [2.05, 4.69) is 9.97 Å². The Balaban J connectivity index is 0.000000321. The van der Waals surface area contributed by atoms with E-state index in [0.717, 1.165) is 16.9 Å². The van der Waals surface area contributed by atoms with Gasteiger partial charge in [-0.05, 0) is 26.0 Å². The van der Waals surface area contributed by atoms with Crippen molar-refractivity contribution in [1.82, 2.24) is 9.97 Å². The summed E-state index contributed by atoms with van der Waals surface area (Å²) >= 11 is 0. The molecule has 2 rings (SSSR count). The zero-order chi connectivity index (χ0) is 15.4. The molecule has 0 aromatic carbocycles. The van der Waals surface area contributed by atoms with Crippen LogP contribution in [0.2, 0.25) is 0 Å². The molecule has 0 radical (unpaired) electrons. The van der Waals surface area contributed by atoms with Crippen molar-refractivity contribution in [2.75, 3.05) is 14.2 Å². The molecule has 0 saturated carbocycles. The third-order valence-electron chi connectivity index (χ3n) is 2.34. The van der Waals surface area contributed by atoms with Gasteiger partial charge in [0, 0.05) is 29.7 Å². The molecule has 0 aliphatic rings. The average molecular weight is 276 g/mol. The molecule has 0 N–H and O–H groups in total. The smallest absolute Gasteiger partial charge is 0.215 e. The van der Waals surface area contributed by atoms with Crippen molar-refractivity contribution in [3.8, 4) is 11.6 Å². The zero-order valence-electron chi connectivity index (χ0n) is 13.2. The Labute approximate surface area is 121 Å². The van der Waals surface area contributed by atoms with Crippen molar-refractivity contribution >= 4 is 0 Å². The minimum atomic E-state index is 0.706. The van der Waals surface area contributed by atoms with E-state index >= 15 is 0 Å². The van der Waals surface area contributed by atoms with Crippen LogP contribution in [-0.2, 0) is 0 Å². The number of nitrogens with zero attached hydrogens (tertiary/aromatic N) is 2. The molecule has 0 atom stereocenters. The van der Waals surface area contributed by atoms with E-state index in [9.17, 15) is 0 Å². The molecule has 2 heterocycles. The molecule has 0 fully saturated rings. The van der Waals surface area contributed by atoms with Crippen molar-refractivity contribution in [2.45, 2.75) is 27.7 Å². The number of rotatable bonds is 2. The van der Waals surface area contributed by atoms with Gasteiger partial charge in [0.2, 0.25) is 5.88 Å². The summed E-state index contributed by atoms with van der Waals surface area (Å²) < 4.78 is 9.94. The van der Waals surface area contributed by atoms with E-state index in [4.69, 9.17) is 9.47 Å². The standard InChI is InChI=1S/2C7H9NO.C2H6/c1-6-5-8-4-3-7(6)9-2;1-6-4-3-5-8-7(6)9-2;1-2/h2*3-5H,1-2H3;1-2H3. The molecular formula is C16H24N2O2. The number of hydrogen-bond acceptors (Lipinski definition) is 4. The second kappa shape index (κ2) is 10.8. The second-order valence-electron chi connectivity index (χ2n) is 3.67. The maximum Gasteiger partial charge on any atom is 0.215 e. The van der Waals surface area contributed by atoms with Gasteiger partial charge >= 0.3 is 0 Å². The Hall–Kier alpha value is -2.10. The molecule has 4 nitrogen and oxygen atoms in total. The van der Waals surface area contributed by atoms with Crippen LogP contribution in [-0.4, -0.2) is 24.2 Å². The van der Waals surface area contributed by atoms with Crippen molar-refractivity contribution < 1.29 is 9.47 Å². The lowest BCUT2D eigenvalue weighted by Gasteiger charge is -2.00. The third-order valence-corrected chi connectivity index (χ3v) is 2.34. The fourth-order valence-corrected chi connectivity index (χ4v) is 1.37. The Morgan fingerprint density at radius 1 is 0.900 bits per heavy atom. The molecule has 0 saturated heterocycles. The number of hydrogen-bond donors (Lipinski definition) is 0. The Kier molecular flexibility index (Phi) is 9.66. The second-order valence-corrected chi connectivity index (χ2v) is 3.67. The molecule has 0 aliphatic carbocycles. The molecule has 20 heavy (non-hydrogen) atoms. The number of aryl methyl sites for hydroxylation is 2. The van der Waals surface area contributed by atoms with Crippen LogP contribution in [0.15, 0.2) is 36.8 Å². The highest BCUT2D eigenvalue weighted by Gasteiger charge is 1.93. The van der Waals surface area contributed by atoms with Gasteiger partial charge in [-0.3, -0.25) is 4.98 Å². The maximum absolute atomic E-state index is 5.00. The molecule has 0 spiro atoms. The van der Waals surface area contributed by atoms with Gasteiger partial charge in [0.05, 0.1) is 14.2 Å². The molecule has 4 heteroatoms. The van der Waals surface area contributed by atoms with Crippen molar-refractivity contribution in [1.29, 1.82) is 0 Å². The van der Waals surface area contributed by atoms with Gasteiger partial charge in [-0.25, -0.2) is 4.98 Å². The summed E-state index contributed by atoms with van der Waals surface area (Å²) in [7, 11) is 3.28.